The van der Waals surface area contributed by atoms with Crippen LogP contribution in [0.15, 0.2) is 42.5 Å². The van der Waals surface area contributed by atoms with Crippen LogP contribution in [0.4, 0.5) is 0 Å². The predicted molar refractivity (Wildman–Crippen MR) is 102 cm³/mol. The summed E-state index contributed by atoms with van der Waals surface area (Å²) in [6.07, 6.45) is -0.554. The van der Waals surface area contributed by atoms with Gasteiger partial charge in [-0.3, -0.25) is 0 Å². The molecule has 0 aliphatic carbocycles. The number of quaternary nitrogens is 1. The number of likely N-dealkylation sites (N-methyl/N-ethyl adjacent to an activating group) is 1. The van der Waals surface area contributed by atoms with Gasteiger partial charge in [-0.2, -0.15) is 0 Å². The third kappa shape index (κ3) is 6.18. The Labute approximate surface area is 160 Å². The van der Waals surface area contributed by atoms with E-state index in [4.69, 9.17) is 25.8 Å². The number of aliphatic hydroxyl groups excluding tert-OH is 1. The van der Waals surface area contributed by atoms with E-state index in [-0.39, 0.29) is 6.61 Å². The van der Waals surface area contributed by atoms with E-state index in [0.717, 1.165) is 34.1 Å². The summed E-state index contributed by atoms with van der Waals surface area (Å²) in [4.78, 5) is 1.15. The van der Waals surface area contributed by atoms with Crippen molar-refractivity contribution < 1.29 is 24.2 Å². The van der Waals surface area contributed by atoms with E-state index >= 15 is 0 Å². The summed E-state index contributed by atoms with van der Waals surface area (Å²) in [5.41, 5.74) is 1.99. The molecule has 2 aromatic carbocycles. The largest absolute Gasteiger partial charge is 0.497 e. The van der Waals surface area contributed by atoms with Crippen LogP contribution < -0.4 is 14.4 Å². The van der Waals surface area contributed by atoms with E-state index < -0.39 is 6.10 Å². The Morgan fingerprint density at radius 1 is 1.08 bits per heavy atom. The lowest BCUT2D eigenvalue weighted by molar-refractivity contribution is -0.897. The molecule has 142 valence electrons. The third-order valence-corrected chi connectivity index (χ3v) is 4.46. The standard InChI is InChI=1S/C20H26ClNO4/c1-22(11-15-8-9-18(24-2)10-20(15)25-3)12-17(23)14-26-13-16-6-4-5-7-19(16)21/h4-10,17,23H,11-14H2,1-3H3/p+1/t17-/m1/s1. The first-order valence-corrected chi connectivity index (χ1v) is 8.92. The molecule has 26 heavy (non-hydrogen) atoms. The van der Waals surface area contributed by atoms with Gasteiger partial charge in [0.15, 0.2) is 0 Å². The molecule has 2 rings (SSSR count). The lowest BCUT2D eigenvalue weighted by Crippen LogP contribution is -3.08. The lowest BCUT2D eigenvalue weighted by atomic mass is 10.1. The van der Waals surface area contributed by atoms with Crippen molar-refractivity contribution in [1.29, 1.82) is 0 Å². The van der Waals surface area contributed by atoms with Gasteiger partial charge in [0.05, 0.1) is 34.5 Å². The Morgan fingerprint density at radius 2 is 1.85 bits per heavy atom. The first-order chi connectivity index (χ1) is 12.5. The number of ether oxygens (including phenoxy) is 3. The van der Waals surface area contributed by atoms with Crippen LogP contribution in [0.5, 0.6) is 11.5 Å². The molecule has 2 aromatic rings. The third-order valence-electron chi connectivity index (χ3n) is 4.10. The number of hydrogen-bond donors (Lipinski definition) is 2. The molecule has 0 heterocycles. The fraction of sp³-hybridized carbons (Fsp3) is 0.400. The van der Waals surface area contributed by atoms with Crippen molar-refractivity contribution in [2.75, 3.05) is 34.4 Å². The summed E-state index contributed by atoms with van der Waals surface area (Å²) in [5.74, 6) is 1.55. The molecule has 1 unspecified atom stereocenters. The normalized spacial score (nSPS) is 13.3. The van der Waals surface area contributed by atoms with Crippen molar-refractivity contribution in [3.8, 4) is 11.5 Å². The summed E-state index contributed by atoms with van der Waals surface area (Å²) in [6.45, 7) is 1.96. The van der Waals surface area contributed by atoms with Gasteiger partial charge in [-0.05, 0) is 23.8 Å². The SMILES string of the molecule is COc1ccc(C[NH+](C)C[C@@H](O)COCc2ccccc2Cl)c(OC)c1. The van der Waals surface area contributed by atoms with Gasteiger partial charge in [0.2, 0.25) is 0 Å². The molecule has 0 amide bonds. The van der Waals surface area contributed by atoms with Crippen LogP contribution in [0.25, 0.3) is 0 Å². The second-order valence-electron chi connectivity index (χ2n) is 6.28. The van der Waals surface area contributed by atoms with Gasteiger partial charge >= 0.3 is 0 Å². The van der Waals surface area contributed by atoms with Crippen molar-refractivity contribution in [3.05, 3.63) is 58.6 Å². The zero-order chi connectivity index (χ0) is 18.9. The number of nitrogens with one attached hydrogen (secondary N) is 1. The second kappa shape index (κ2) is 10.4. The van der Waals surface area contributed by atoms with E-state index in [9.17, 15) is 5.11 Å². The smallest absolute Gasteiger partial charge is 0.131 e. The van der Waals surface area contributed by atoms with Gasteiger partial charge in [-0.25, -0.2) is 0 Å². The number of methoxy groups -OCH3 is 2. The molecule has 2 atom stereocenters. The van der Waals surface area contributed by atoms with Gasteiger partial charge in [0.25, 0.3) is 0 Å². The maximum atomic E-state index is 10.2. The highest BCUT2D eigenvalue weighted by Gasteiger charge is 2.15. The van der Waals surface area contributed by atoms with Gasteiger partial charge in [0, 0.05) is 16.7 Å². The summed E-state index contributed by atoms with van der Waals surface area (Å²) >= 11 is 6.10. The zero-order valence-electron chi connectivity index (χ0n) is 15.5. The summed E-state index contributed by atoms with van der Waals surface area (Å²) in [7, 11) is 5.30. The van der Waals surface area contributed by atoms with E-state index in [1.165, 1.54) is 0 Å². The highest BCUT2D eigenvalue weighted by Crippen LogP contribution is 2.23. The molecule has 5 nitrogen and oxygen atoms in total. The number of benzene rings is 2. The molecule has 2 N–H and O–H groups in total. The number of rotatable bonds is 10. The zero-order valence-corrected chi connectivity index (χ0v) is 16.3. The number of hydrogen-bond acceptors (Lipinski definition) is 4. The average molecular weight is 381 g/mol. The Bertz CT molecular complexity index is 695. The van der Waals surface area contributed by atoms with Gasteiger partial charge < -0.3 is 24.2 Å². The molecular formula is C20H27ClNO4+. The highest BCUT2D eigenvalue weighted by molar-refractivity contribution is 6.31. The Morgan fingerprint density at radius 3 is 2.54 bits per heavy atom. The maximum Gasteiger partial charge on any atom is 0.131 e. The molecule has 6 heteroatoms. The quantitative estimate of drug-likeness (QED) is 0.661. The van der Waals surface area contributed by atoms with Crippen molar-refractivity contribution in [2.45, 2.75) is 19.3 Å². The van der Waals surface area contributed by atoms with Crippen LogP contribution in [-0.4, -0.2) is 45.6 Å². The van der Waals surface area contributed by atoms with Crippen molar-refractivity contribution >= 4 is 11.6 Å². The van der Waals surface area contributed by atoms with Crippen LogP contribution in [0.2, 0.25) is 5.02 Å². The molecule has 0 aliphatic rings. The van der Waals surface area contributed by atoms with E-state index in [2.05, 4.69) is 0 Å². The molecule has 0 radical (unpaired) electrons. The van der Waals surface area contributed by atoms with E-state index in [1.807, 2.05) is 49.5 Å². The summed E-state index contributed by atoms with van der Waals surface area (Å²) in [5, 5.41) is 10.9. The summed E-state index contributed by atoms with van der Waals surface area (Å²) in [6, 6.07) is 13.3. The Hall–Kier alpha value is -1.79. The van der Waals surface area contributed by atoms with Gasteiger partial charge in [-0.15, -0.1) is 0 Å². The van der Waals surface area contributed by atoms with Crippen molar-refractivity contribution in [1.82, 2.24) is 0 Å². The predicted octanol–water partition coefficient (Wildman–Crippen LogP) is 1.95. The first kappa shape index (κ1) is 20.5. The highest BCUT2D eigenvalue weighted by atomic mass is 35.5. The fourth-order valence-electron chi connectivity index (χ4n) is 2.78. The summed E-state index contributed by atoms with van der Waals surface area (Å²) < 4.78 is 16.2. The minimum atomic E-state index is -0.554. The van der Waals surface area contributed by atoms with Crippen molar-refractivity contribution in [2.24, 2.45) is 0 Å². The van der Waals surface area contributed by atoms with E-state index in [0.29, 0.717) is 18.2 Å². The topological polar surface area (TPSA) is 52.4 Å². The number of aliphatic hydroxyl groups is 1. The fourth-order valence-corrected chi connectivity index (χ4v) is 2.97. The van der Waals surface area contributed by atoms with E-state index in [1.54, 1.807) is 14.2 Å². The molecule has 0 spiro atoms. The molecule has 0 saturated heterocycles. The average Bonchev–Trinajstić information content (AvgIpc) is 2.63. The molecule has 0 aliphatic heterocycles. The molecule has 0 aromatic heterocycles. The van der Waals surface area contributed by atoms with Crippen LogP contribution in [0.1, 0.15) is 11.1 Å². The van der Waals surface area contributed by atoms with Gasteiger partial charge in [-0.1, -0.05) is 29.8 Å². The van der Waals surface area contributed by atoms with Crippen LogP contribution >= 0.6 is 11.6 Å². The molecule has 0 bridgehead atoms. The minimum absolute atomic E-state index is 0.266. The monoisotopic (exact) mass is 380 g/mol. The minimum Gasteiger partial charge on any atom is -0.497 e. The second-order valence-corrected chi connectivity index (χ2v) is 6.68. The number of halogens is 1. The van der Waals surface area contributed by atoms with Crippen molar-refractivity contribution in [3.63, 3.8) is 0 Å². The van der Waals surface area contributed by atoms with Gasteiger partial charge in [0.1, 0.15) is 30.7 Å². The Balaban J connectivity index is 1.80. The van der Waals surface area contributed by atoms with Crippen LogP contribution in [0.3, 0.4) is 0 Å². The molecular weight excluding hydrogens is 354 g/mol. The molecule has 0 fully saturated rings. The first-order valence-electron chi connectivity index (χ1n) is 8.55. The molecule has 0 saturated carbocycles. The van der Waals surface area contributed by atoms with Crippen LogP contribution in [-0.2, 0) is 17.9 Å². The maximum absolute atomic E-state index is 10.2. The van der Waals surface area contributed by atoms with Crippen LogP contribution in [0, 0.1) is 0 Å². The lowest BCUT2D eigenvalue weighted by Gasteiger charge is -2.19. The Kier molecular flexibility index (Phi) is 8.19.